The molecule has 0 fully saturated rings. The monoisotopic (exact) mass is 1220 g/mol. The van der Waals surface area contributed by atoms with E-state index in [0.717, 1.165) is 181 Å². The van der Waals surface area contributed by atoms with Gasteiger partial charge in [0.05, 0.1) is 45.6 Å². The molecule has 6 aliphatic rings. The van der Waals surface area contributed by atoms with Crippen molar-refractivity contribution in [1.29, 1.82) is 0 Å². The van der Waals surface area contributed by atoms with Crippen LogP contribution < -0.4 is 25.7 Å². The molecule has 8 nitrogen and oxygen atoms in total. The zero-order valence-corrected chi connectivity index (χ0v) is 60.3. The average Bonchev–Trinajstić information content (AvgIpc) is 3.89. The van der Waals surface area contributed by atoms with E-state index in [9.17, 15) is 0 Å². The quantitative estimate of drug-likeness (QED) is 0.0687. The van der Waals surface area contributed by atoms with Crippen LogP contribution in [0.25, 0.3) is 61.3 Å². The molecule has 10 heteroatoms. The van der Waals surface area contributed by atoms with E-state index < -0.39 is 0 Å². The molecule has 0 radical (unpaired) electrons. The minimum atomic E-state index is -0.0563. The molecular weight excluding hydrogens is 1130 g/mol. The van der Waals surface area contributed by atoms with Gasteiger partial charge in [0.1, 0.15) is 0 Å². The van der Waals surface area contributed by atoms with Crippen molar-refractivity contribution < 1.29 is 39.0 Å². The zero-order chi connectivity index (χ0) is 58.3. The first kappa shape index (κ1) is 64.9. The van der Waals surface area contributed by atoms with Crippen LogP contribution in [0.1, 0.15) is 243 Å². The molecule has 4 aromatic heterocycles. The molecule has 0 aliphatic carbocycles. The van der Waals surface area contributed by atoms with Crippen molar-refractivity contribution in [2.75, 3.05) is 0 Å². The van der Waals surface area contributed by atoms with E-state index in [2.05, 4.69) is 147 Å². The second-order valence-electron chi connectivity index (χ2n) is 22.8. The molecule has 2 atom stereocenters. The summed E-state index contributed by atoms with van der Waals surface area (Å²) in [4.78, 5) is 40.2. The van der Waals surface area contributed by atoms with Gasteiger partial charge in [0, 0.05) is 0 Å². The van der Waals surface area contributed by atoms with Crippen LogP contribution in [0.5, 0.6) is 0 Å². The van der Waals surface area contributed by atoms with Gasteiger partial charge in [-0.25, -0.2) is 20.0 Å². The molecule has 84 heavy (non-hydrogen) atoms. The van der Waals surface area contributed by atoms with E-state index in [1.165, 1.54) is 100 Å². The van der Waals surface area contributed by atoms with Crippen LogP contribution in [-0.2, 0) is 83.9 Å². The summed E-state index contributed by atoms with van der Waals surface area (Å²) in [5, 5.41) is 7.82. The Hall–Kier alpha value is -5.13. The summed E-state index contributed by atoms with van der Waals surface area (Å²) in [6, 6.07) is 6.84. The van der Waals surface area contributed by atoms with E-state index in [4.69, 9.17) is 40.2 Å². The minimum absolute atomic E-state index is 0. The molecule has 16 bridgehead atoms. The molecule has 4 aromatic rings. The van der Waals surface area contributed by atoms with Crippen LogP contribution in [0.15, 0.2) is 85.2 Å². The van der Waals surface area contributed by atoms with Crippen LogP contribution in [0.3, 0.4) is 0 Å². The number of aliphatic imine (C=N–C) groups is 2. The summed E-state index contributed by atoms with van der Waals surface area (Å²) in [6.07, 6.45) is 22.8. The fraction of sp³-hybridized carbons (Fsp3) is 0.486. The maximum atomic E-state index is 5.93. The van der Waals surface area contributed by atoms with Crippen molar-refractivity contribution in [3.63, 3.8) is 0 Å². The first-order valence-corrected chi connectivity index (χ1v) is 32.5. The van der Waals surface area contributed by atoms with Crippen LogP contribution >= 0.6 is 0 Å². The Balaban J connectivity index is 0.00000460. The van der Waals surface area contributed by atoms with Gasteiger partial charge in [-0.15, -0.1) is 32.8 Å². The normalized spacial score (nSPS) is 20.1. The van der Waals surface area contributed by atoms with Crippen molar-refractivity contribution in [2.24, 2.45) is 9.98 Å². The standard InChI is InChI=1S/C74H92N8.2Zn/c1-17-41-45(21-5)63-37-67-49(25-9)53(29-13)71(79-67)57(72-54(30-14)50(26-10)68(80-72)38-64-46(22-6)42(18-2)60(76-64)35-59(41)75-63)33-34-58-73-55(31-15)51(27-11)69(81-73)39-65-47(23-7)43(19-3)61(77-65)36-62-44(20-4)48(24-8)66(78-62)40-70-52(28-12)56(32-16)74(58)82-70;;/h35-40,59,63H,17-34H2,1-16H3;;/q-4;2*+2/b60-35-,61-36?,62-36?,65-39?,66-40?,67-37-,68-38-,69-39?,70-40?,72-57-,73-58?,74-58?;;. The van der Waals surface area contributed by atoms with Crippen molar-refractivity contribution >= 4 is 67.4 Å². The first-order chi connectivity index (χ1) is 39.9. The van der Waals surface area contributed by atoms with E-state index in [0.29, 0.717) is 12.8 Å². The number of hydrogen-bond acceptors (Lipinski definition) is 4. The fourth-order valence-electron chi connectivity index (χ4n) is 15.3. The van der Waals surface area contributed by atoms with Crippen molar-refractivity contribution in [2.45, 2.75) is 238 Å². The van der Waals surface area contributed by atoms with Gasteiger partial charge in [-0.2, -0.15) is 0 Å². The Labute approximate surface area is 529 Å². The molecule has 0 spiro atoms. The van der Waals surface area contributed by atoms with Crippen LogP contribution in [0, 0.1) is 0 Å². The third-order valence-electron chi connectivity index (χ3n) is 19.1. The van der Waals surface area contributed by atoms with Crippen molar-refractivity contribution in [3.8, 4) is 0 Å². The van der Waals surface area contributed by atoms with E-state index in [1.54, 1.807) is 0 Å². The summed E-state index contributed by atoms with van der Waals surface area (Å²) >= 11 is 0. The predicted molar refractivity (Wildman–Crippen MR) is 350 cm³/mol. The second kappa shape index (κ2) is 27.7. The minimum Gasteiger partial charge on any atom is -0.657 e. The third kappa shape index (κ3) is 11.1. The predicted octanol–water partition coefficient (Wildman–Crippen LogP) is 17.1. The van der Waals surface area contributed by atoms with Crippen molar-refractivity contribution in [3.05, 3.63) is 153 Å². The SMILES string of the molecule is CCC1=C(CC)/C2=C/C3[N-]C(/C=C4N=C(C(CC)=C\4CC)/C(CCc4c5nc(cc6[n-]c(cc7nc(cc8[n-]c4c(CC)c8CC)C(CC)=C7CC)c(CC)c6CC)C(CC)=C5CC)=c4\[n-]/c(c(CC)c4CC)=C\C1=N2)C(CC)=C3CC.[Zn+2].[Zn+2]. The average molecular weight is 1220 g/mol. The van der Waals surface area contributed by atoms with Gasteiger partial charge in [-0.1, -0.05) is 204 Å². The van der Waals surface area contributed by atoms with Gasteiger partial charge in [0.2, 0.25) is 0 Å². The summed E-state index contributed by atoms with van der Waals surface area (Å²) in [7, 11) is 0. The molecule has 0 N–H and O–H groups in total. The molecule has 10 heterocycles. The molecule has 0 saturated carbocycles. The topological polar surface area (TPSA) is 107 Å². The van der Waals surface area contributed by atoms with Gasteiger partial charge < -0.3 is 20.3 Å². The van der Waals surface area contributed by atoms with E-state index in [-0.39, 0.29) is 51.0 Å². The van der Waals surface area contributed by atoms with Gasteiger partial charge in [-0.05, 0) is 171 Å². The molecule has 0 amide bonds. The Bertz CT molecular complexity index is 3860. The van der Waals surface area contributed by atoms with Gasteiger partial charge >= 0.3 is 39.0 Å². The largest absolute Gasteiger partial charge is 2.00 e. The summed E-state index contributed by atoms with van der Waals surface area (Å²) in [6.45, 7) is 36.8. The Morgan fingerprint density at radius 3 is 1.31 bits per heavy atom. The molecule has 10 rings (SSSR count). The number of allylic oxidation sites excluding steroid dienone is 8. The van der Waals surface area contributed by atoms with E-state index in [1.807, 2.05) is 0 Å². The molecular formula is C74H92N8Zn2. The first-order valence-electron chi connectivity index (χ1n) is 32.5. The van der Waals surface area contributed by atoms with Gasteiger partial charge in [0.25, 0.3) is 0 Å². The zero-order valence-electron chi connectivity index (χ0n) is 54.3. The maximum absolute atomic E-state index is 5.93. The summed E-state index contributed by atoms with van der Waals surface area (Å²) in [5.41, 5.74) is 36.4. The number of aryl methyl sites for hydroxylation is 5. The number of rotatable bonds is 19. The maximum Gasteiger partial charge on any atom is 2.00 e. The number of fused-ring (bicyclic) bond motifs is 14. The Kier molecular flexibility index (Phi) is 21.4. The second-order valence-corrected chi connectivity index (χ2v) is 22.8. The summed E-state index contributed by atoms with van der Waals surface area (Å²) in [5.74, 6) is 0. The van der Waals surface area contributed by atoms with Crippen molar-refractivity contribution in [1.82, 2.24) is 24.9 Å². The smallest absolute Gasteiger partial charge is 0.657 e. The number of nitrogens with zero attached hydrogens (tertiary/aromatic N) is 8. The van der Waals surface area contributed by atoms with Crippen LogP contribution in [-0.4, -0.2) is 33.5 Å². The Morgan fingerprint density at radius 2 is 0.821 bits per heavy atom. The molecule has 432 valence electrons. The van der Waals surface area contributed by atoms with Gasteiger partial charge in [0.15, 0.2) is 0 Å². The number of hydrogen-bond donors (Lipinski definition) is 0. The van der Waals surface area contributed by atoms with Gasteiger partial charge in [-0.3, -0.25) is 0 Å². The summed E-state index contributed by atoms with van der Waals surface area (Å²) < 4.78 is 0. The van der Waals surface area contributed by atoms with E-state index >= 15 is 0 Å². The molecule has 0 saturated heterocycles. The molecule has 2 unspecified atom stereocenters. The van der Waals surface area contributed by atoms with Crippen LogP contribution in [0.4, 0.5) is 0 Å². The fourth-order valence-corrected chi connectivity index (χ4v) is 15.3. The molecule has 0 aromatic carbocycles. The Morgan fingerprint density at radius 1 is 0.369 bits per heavy atom. The van der Waals surface area contributed by atoms with Crippen LogP contribution in [0.2, 0.25) is 0 Å². The third-order valence-corrected chi connectivity index (χ3v) is 19.1. The molecule has 6 aliphatic heterocycles. The number of aromatic nitrogens is 5.